The van der Waals surface area contributed by atoms with E-state index in [9.17, 15) is 4.79 Å². The molecule has 1 saturated heterocycles. The molecule has 18 heavy (non-hydrogen) atoms. The second-order valence-corrected chi connectivity index (χ2v) is 6.45. The average molecular weight is 296 g/mol. The molecule has 3 rings (SSSR count). The van der Waals surface area contributed by atoms with Gasteiger partial charge in [-0.05, 0) is 36.6 Å². The maximum Gasteiger partial charge on any atom is 0.266 e. The summed E-state index contributed by atoms with van der Waals surface area (Å²) in [4.78, 5) is 14.6. The molecule has 0 bridgehead atoms. The third-order valence-electron chi connectivity index (χ3n) is 2.90. The molecule has 2 aliphatic rings. The lowest BCUT2D eigenvalue weighted by Crippen LogP contribution is -2.30. The lowest BCUT2D eigenvalue weighted by molar-refractivity contribution is -0.122. The van der Waals surface area contributed by atoms with Gasteiger partial charge >= 0.3 is 0 Å². The molecule has 1 aliphatic heterocycles. The predicted molar refractivity (Wildman–Crippen MR) is 79.5 cm³/mol. The summed E-state index contributed by atoms with van der Waals surface area (Å²) in [5.74, 6) is 0.0439. The summed E-state index contributed by atoms with van der Waals surface area (Å²) in [6.45, 7) is 0. The Kier molecular flexibility index (Phi) is 3.18. The molecule has 0 radical (unpaired) electrons. The Morgan fingerprint density at radius 1 is 1.33 bits per heavy atom. The highest BCUT2D eigenvalue weighted by atomic mass is 35.5. The van der Waals surface area contributed by atoms with Crippen molar-refractivity contribution in [3.8, 4) is 0 Å². The van der Waals surface area contributed by atoms with E-state index in [0.29, 0.717) is 20.3 Å². The summed E-state index contributed by atoms with van der Waals surface area (Å²) in [7, 11) is 0. The van der Waals surface area contributed by atoms with Crippen LogP contribution in [0.2, 0.25) is 5.02 Å². The molecule has 0 atom stereocenters. The molecule has 0 spiro atoms. The number of carbonyl (C=O) groups excluding carboxylic acids is 1. The molecule has 1 aromatic rings. The molecule has 1 aromatic carbocycles. The predicted octanol–water partition coefficient (Wildman–Crippen LogP) is 3.70. The van der Waals surface area contributed by atoms with Gasteiger partial charge in [0.25, 0.3) is 5.91 Å². The van der Waals surface area contributed by atoms with Gasteiger partial charge < -0.3 is 0 Å². The van der Waals surface area contributed by atoms with E-state index in [1.165, 1.54) is 11.8 Å². The van der Waals surface area contributed by atoms with Gasteiger partial charge in [0.15, 0.2) is 0 Å². The van der Waals surface area contributed by atoms with Crippen LogP contribution in [0.15, 0.2) is 29.2 Å². The molecule has 92 valence electrons. The van der Waals surface area contributed by atoms with Crippen molar-refractivity contribution in [3.63, 3.8) is 0 Å². The number of thiocarbonyl (C=S) groups is 1. The van der Waals surface area contributed by atoms with Gasteiger partial charge in [0.05, 0.1) is 4.91 Å². The SMILES string of the molecule is O=C1/C(=C\c2ccc(Cl)cc2)SC(=S)N1C1CC1. The summed E-state index contributed by atoms with van der Waals surface area (Å²) >= 11 is 12.5. The van der Waals surface area contributed by atoms with Gasteiger partial charge in [-0.15, -0.1) is 0 Å². The number of halogens is 1. The fraction of sp³-hybridized carbons (Fsp3) is 0.231. The Bertz CT molecular complexity index is 549. The van der Waals surface area contributed by atoms with Crippen LogP contribution in [0.1, 0.15) is 18.4 Å². The molecule has 0 N–H and O–H groups in total. The smallest absolute Gasteiger partial charge is 0.266 e. The van der Waals surface area contributed by atoms with Crippen molar-refractivity contribution >= 4 is 51.9 Å². The quantitative estimate of drug-likeness (QED) is 0.613. The molecule has 2 nitrogen and oxygen atoms in total. The van der Waals surface area contributed by atoms with Crippen molar-refractivity contribution in [1.82, 2.24) is 4.90 Å². The van der Waals surface area contributed by atoms with Crippen molar-refractivity contribution in [2.45, 2.75) is 18.9 Å². The second kappa shape index (κ2) is 4.68. The van der Waals surface area contributed by atoms with Gasteiger partial charge in [0.2, 0.25) is 0 Å². The van der Waals surface area contributed by atoms with Gasteiger partial charge in [0.1, 0.15) is 4.32 Å². The first-order chi connectivity index (χ1) is 8.65. The van der Waals surface area contributed by atoms with E-state index in [1.54, 1.807) is 4.90 Å². The summed E-state index contributed by atoms with van der Waals surface area (Å²) < 4.78 is 0.683. The standard InChI is InChI=1S/C13H10ClNOS2/c14-9-3-1-8(2-4-9)7-11-12(16)15(10-5-6-10)13(17)18-11/h1-4,7,10H,5-6H2/b11-7+. The first-order valence-electron chi connectivity index (χ1n) is 5.68. The van der Waals surface area contributed by atoms with Crippen molar-refractivity contribution < 1.29 is 4.79 Å². The highest BCUT2D eigenvalue weighted by Crippen LogP contribution is 2.40. The Balaban J connectivity index is 1.86. The van der Waals surface area contributed by atoms with E-state index in [4.69, 9.17) is 23.8 Å². The molecule has 0 aromatic heterocycles. The first-order valence-corrected chi connectivity index (χ1v) is 7.28. The van der Waals surface area contributed by atoms with Crippen LogP contribution < -0.4 is 0 Å². The van der Waals surface area contributed by atoms with E-state index >= 15 is 0 Å². The van der Waals surface area contributed by atoms with E-state index in [-0.39, 0.29) is 5.91 Å². The van der Waals surface area contributed by atoms with Crippen LogP contribution in [-0.2, 0) is 4.79 Å². The third kappa shape index (κ3) is 2.32. The van der Waals surface area contributed by atoms with Gasteiger partial charge in [-0.2, -0.15) is 0 Å². The largest absolute Gasteiger partial charge is 0.290 e. The van der Waals surface area contributed by atoms with E-state index in [2.05, 4.69) is 0 Å². The van der Waals surface area contributed by atoms with Crippen LogP contribution in [-0.4, -0.2) is 21.2 Å². The second-order valence-electron chi connectivity index (χ2n) is 4.33. The lowest BCUT2D eigenvalue weighted by Gasteiger charge is -2.11. The monoisotopic (exact) mass is 295 g/mol. The number of benzene rings is 1. The maximum absolute atomic E-state index is 12.2. The number of thioether (sulfide) groups is 1. The fourth-order valence-corrected chi connectivity index (χ4v) is 3.36. The van der Waals surface area contributed by atoms with Crippen molar-refractivity contribution in [2.75, 3.05) is 0 Å². The Morgan fingerprint density at radius 2 is 2.00 bits per heavy atom. The number of nitrogens with zero attached hydrogens (tertiary/aromatic N) is 1. The van der Waals surface area contributed by atoms with Gasteiger partial charge in [-0.3, -0.25) is 9.69 Å². The lowest BCUT2D eigenvalue weighted by atomic mass is 10.2. The summed E-state index contributed by atoms with van der Waals surface area (Å²) in [6, 6.07) is 7.76. The molecule has 5 heteroatoms. The molecule has 1 saturated carbocycles. The summed E-state index contributed by atoms with van der Waals surface area (Å²) in [5.41, 5.74) is 0.968. The zero-order valence-electron chi connectivity index (χ0n) is 9.43. The molecule has 1 amide bonds. The Labute approximate surface area is 120 Å². The molecule has 1 heterocycles. The van der Waals surface area contributed by atoms with Crippen LogP contribution in [0.3, 0.4) is 0 Å². The van der Waals surface area contributed by atoms with Gasteiger partial charge in [-0.25, -0.2) is 0 Å². The van der Waals surface area contributed by atoms with E-state index in [0.717, 1.165) is 18.4 Å². The van der Waals surface area contributed by atoms with Crippen LogP contribution in [0, 0.1) is 0 Å². The maximum atomic E-state index is 12.2. The molecule has 2 fully saturated rings. The minimum Gasteiger partial charge on any atom is -0.290 e. The topological polar surface area (TPSA) is 20.3 Å². The summed E-state index contributed by atoms with van der Waals surface area (Å²) in [6.07, 6.45) is 4.01. The minimum absolute atomic E-state index is 0.0439. The Morgan fingerprint density at radius 3 is 2.61 bits per heavy atom. The zero-order valence-corrected chi connectivity index (χ0v) is 11.8. The van der Waals surface area contributed by atoms with Crippen molar-refractivity contribution in [3.05, 3.63) is 39.8 Å². The van der Waals surface area contributed by atoms with Crippen LogP contribution in [0.5, 0.6) is 0 Å². The van der Waals surface area contributed by atoms with Crippen molar-refractivity contribution in [1.29, 1.82) is 0 Å². The number of hydrogen-bond donors (Lipinski definition) is 0. The highest BCUT2D eigenvalue weighted by molar-refractivity contribution is 8.26. The van der Waals surface area contributed by atoms with Gasteiger partial charge in [-0.1, -0.05) is 47.7 Å². The highest BCUT2D eigenvalue weighted by Gasteiger charge is 2.41. The number of rotatable bonds is 2. The minimum atomic E-state index is 0.0439. The first kappa shape index (κ1) is 12.2. The van der Waals surface area contributed by atoms with Crippen LogP contribution in [0.4, 0.5) is 0 Å². The Hall–Kier alpha value is -0.840. The van der Waals surface area contributed by atoms with Crippen LogP contribution in [0.25, 0.3) is 6.08 Å². The number of hydrogen-bond acceptors (Lipinski definition) is 3. The average Bonchev–Trinajstić information content (AvgIpc) is 3.12. The van der Waals surface area contributed by atoms with E-state index in [1.807, 2.05) is 30.3 Å². The van der Waals surface area contributed by atoms with Crippen molar-refractivity contribution in [2.24, 2.45) is 0 Å². The zero-order chi connectivity index (χ0) is 12.7. The summed E-state index contributed by atoms with van der Waals surface area (Å²) in [5, 5.41) is 0.692. The molecule has 0 unspecified atom stereocenters. The molecular formula is C13H10ClNOS2. The van der Waals surface area contributed by atoms with Gasteiger partial charge in [0, 0.05) is 11.1 Å². The fourth-order valence-electron chi connectivity index (χ4n) is 1.84. The number of amides is 1. The number of carbonyl (C=O) groups is 1. The normalized spacial score (nSPS) is 22.1. The van der Waals surface area contributed by atoms with E-state index < -0.39 is 0 Å². The third-order valence-corrected chi connectivity index (χ3v) is 4.49. The van der Waals surface area contributed by atoms with Crippen LogP contribution >= 0.6 is 35.6 Å². The molecule has 1 aliphatic carbocycles. The molecular weight excluding hydrogens is 286 g/mol.